The van der Waals surface area contributed by atoms with Crippen LogP contribution in [0.4, 0.5) is 5.69 Å². The van der Waals surface area contributed by atoms with Crippen molar-refractivity contribution in [1.29, 1.82) is 0 Å². The zero-order chi connectivity index (χ0) is 12.5. The SMILES string of the molecule is Cc1nc(C(=O)Nc2ccc3[nH]ncc3c2)n[nH]1. The molecule has 2 heterocycles. The van der Waals surface area contributed by atoms with Gasteiger partial charge in [-0.3, -0.25) is 15.0 Å². The summed E-state index contributed by atoms with van der Waals surface area (Å²) in [6.45, 7) is 1.74. The molecule has 90 valence electrons. The van der Waals surface area contributed by atoms with Crippen molar-refractivity contribution >= 4 is 22.5 Å². The van der Waals surface area contributed by atoms with Gasteiger partial charge >= 0.3 is 0 Å². The molecule has 18 heavy (non-hydrogen) atoms. The molecule has 0 atom stereocenters. The summed E-state index contributed by atoms with van der Waals surface area (Å²) < 4.78 is 0. The summed E-state index contributed by atoms with van der Waals surface area (Å²) >= 11 is 0. The number of hydrogen-bond acceptors (Lipinski definition) is 4. The molecular formula is C11H10N6O. The first-order valence-corrected chi connectivity index (χ1v) is 5.36. The Kier molecular flexibility index (Phi) is 2.30. The van der Waals surface area contributed by atoms with Gasteiger partial charge in [0.25, 0.3) is 5.91 Å². The van der Waals surface area contributed by atoms with Gasteiger partial charge in [0.15, 0.2) is 0 Å². The number of aryl methyl sites for hydroxylation is 1. The predicted molar refractivity (Wildman–Crippen MR) is 65.2 cm³/mol. The molecule has 0 saturated carbocycles. The molecule has 0 aliphatic carbocycles. The number of hydrogen-bond donors (Lipinski definition) is 3. The topological polar surface area (TPSA) is 99.3 Å². The van der Waals surface area contributed by atoms with E-state index in [9.17, 15) is 4.79 Å². The van der Waals surface area contributed by atoms with Crippen LogP contribution in [-0.2, 0) is 0 Å². The lowest BCUT2D eigenvalue weighted by atomic mass is 10.2. The molecule has 0 saturated heterocycles. The minimum Gasteiger partial charge on any atom is -0.319 e. The third-order valence-corrected chi connectivity index (χ3v) is 2.50. The Morgan fingerprint density at radius 2 is 2.22 bits per heavy atom. The van der Waals surface area contributed by atoms with Crippen molar-refractivity contribution in [2.75, 3.05) is 5.32 Å². The first-order valence-electron chi connectivity index (χ1n) is 5.36. The summed E-state index contributed by atoms with van der Waals surface area (Å²) in [6.07, 6.45) is 1.70. The summed E-state index contributed by atoms with van der Waals surface area (Å²) in [7, 11) is 0. The Balaban J connectivity index is 1.85. The third kappa shape index (κ3) is 1.81. The second kappa shape index (κ2) is 3.95. The van der Waals surface area contributed by atoms with Crippen molar-refractivity contribution in [3.05, 3.63) is 36.0 Å². The van der Waals surface area contributed by atoms with E-state index in [0.29, 0.717) is 11.5 Å². The Morgan fingerprint density at radius 1 is 1.33 bits per heavy atom. The van der Waals surface area contributed by atoms with Crippen molar-refractivity contribution in [2.24, 2.45) is 0 Å². The van der Waals surface area contributed by atoms with Gasteiger partial charge in [-0.2, -0.15) is 5.10 Å². The fraction of sp³-hybridized carbons (Fsp3) is 0.0909. The van der Waals surface area contributed by atoms with Crippen molar-refractivity contribution < 1.29 is 4.79 Å². The second-order valence-electron chi connectivity index (χ2n) is 3.87. The lowest BCUT2D eigenvalue weighted by molar-refractivity contribution is 0.101. The molecule has 0 radical (unpaired) electrons. The minimum atomic E-state index is -0.345. The number of carbonyl (C=O) groups excluding carboxylic acids is 1. The van der Waals surface area contributed by atoms with E-state index in [0.717, 1.165) is 10.9 Å². The van der Waals surface area contributed by atoms with Crippen LogP contribution in [0.15, 0.2) is 24.4 Å². The molecular weight excluding hydrogens is 232 g/mol. The molecule has 0 aliphatic rings. The van der Waals surface area contributed by atoms with Crippen LogP contribution in [0.5, 0.6) is 0 Å². The van der Waals surface area contributed by atoms with Crippen molar-refractivity contribution in [2.45, 2.75) is 6.92 Å². The number of anilines is 1. The summed E-state index contributed by atoms with van der Waals surface area (Å²) in [6, 6.07) is 5.47. The van der Waals surface area contributed by atoms with Gasteiger partial charge in [-0.15, -0.1) is 5.10 Å². The van der Waals surface area contributed by atoms with E-state index in [1.54, 1.807) is 19.2 Å². The van der Waals surface area contributed by atoms with E-state index in [1.807, 2.05) is 12.1 Å². The molecule has 3 aromatic rings. The van der Waals surface area contributed by atoms with Crippen LogP contribution in [0.2, 0.25) is 0 Å². The Hall–Kier alpha value is -2.70. The average Bonchev–Trinajstić information content (AvgIpc) is 2.96. The summed E-state index contributed by atoms with van der Waals surface area (Å²) in [5.41, 5.74) is 1.60. The number of rotatable bonds is 2. The van der Waals surface area contributed by atoms with Gasteiger partial charge < -0.3 is 5.32 Å². The molecule has 7 nitrogen and oxygen atoms in total. The van der Waals surface area contributed by atoms with Crippen LogP contribution >= 0.6 is 0 Å². The van der Waals surface area contributed by atoms with Gasteiger partial charge in [0.1, 0.15) is 5.82 Å². The monoisotopic (exact) mass is 242 g/mol. The van der Waals surface area contributed by atoms with Crippen LogP contribution in [0.3, 0.4) is 0 Å². The molecule has 0 spiro atoms. The van der Waals surface area contributed by atoms with Gasteiger partial charge in [0, 0.05) is 11.1 Å². The van der Waals surface area contributed by atoms with Crippen LogP contribution in [0.25, 0.3) is 10.9 Å². The molecule has 1 aromatic carbocycles. The highest BCUT2D eigenvalue weighted by atomic mass is 16.2. The number of carbonyl (C=O) groups is 1. The normalized spacial score (nSPS) is 10.7. The fourth-order valence-corrected chi connectivity index (χ4v) is 1.65. The van der Waals surface area contributed by atoms with Gasteiger partial charge in [-0.25, -0.2) is 4.98 Å². The van der Waals surface area contributed by atoms with E-state index in [-0.39, 0.29) is 11.7 Å². The van der Waals surface area contributed by atoms with Crippen molar-refractivity contribution in [3.63, 3.8) is 0 Å². The van der Waals surface area contributed by atoms with E-state index in [4.69, 9.17) is 0 Å². The predicted octanol–water partition coefficient (Wildman–Crippen LogP) is 1.24. The maximum absolute atomic E-state index is 11.8. The number of benzene rings is 1. The number of aromatic nitrogens is 5. The Labute approximate surface area is 102 Å². The maximum Gasteiger partial charge on any atom is 0.295 e. The summed E-state index contributed by atoms with van der Waals surface area (Å²) in [5.74, 6) is 0.382. The van der Waals surface area contributed by atoms with E-state index in [2.05, 4.69) is 30.7 Å². The fourth-order valence-electron chi connectivity index (χ4n) is 1.65. The number of fused-ring (bicyclic) bond motifs is 1. The van der Waals surface area contributed by atoms with Crippen LogP contribution in [-0.4, -0.2) is 31.3 Å². The average molecular weight is 242 g/mol. The number of nitrogens with zero attached hydrogens (tertiary/aromatic N) is 3. The largest absolute Gasteiger partial charge is 0.319 e. The quantitative estimate of drug-likeness (QED) is 0.629. The summed E-state index contributed by atoms with van der Waals surface area (Å²) in [5, 5.41) is 16.8. The second-order valence-corrected chi connectivity index (χ2v) is 3.87. The first kappa shape index (κ1) is 10.5. The Bertz CT molecular complexity index is 713. The molecule has 1 amide bonds. The maximum atomic E-state index is 11.8. The third-order valence-electron chi connectivity index (χ3n) is 2.50. The zero-order valence-electron chi connectivity index (χ0n) is 9.56. The molecule has 0 bridgehead atoms. The van der Waals surface area contributed by atoms with Crippen LogP contribution in [0.1, 0.15) is 16.4 Å². The van der Waals surface area contributed by atoms with Crippen LogP contribution < -0.4 is 5.32 Å². The highest BCUT2D eigenvalue weighted by Crippen LogP contribution is 2.16. The molecule has 3 rings (SSSR count). The minimum absolute atomic E-state index is 0.125. The highest BCUT2D eigenvalue weighted by Gasteiger charge is 2.11. The lowest BCUT2D eigenvalue weighted by Gasteiger charge is -2.01. The molecule has 2 aromatic heterocycles. The van der Waals surface area contributed by atoms with Gasteiger partial charge in [0.2, 0.25) is 5.82 Å². The Morgan fingerprint density at radius 3 is 3.00 bits per heavy atom. The van der Waals surface area contributed by atoms with E-state index in [1.165, 1.54) is 0 Å². The highest BCUT2D eigenvalue weighted by molar-refractivity contribution is 6.02. The van der Waals surface area contributed by atoms with Gasteiger partial charge in [-0.1, -0.05) is 0 Å². The number of H-pyrrole nitrogens is 2. The van der Waals surface area contributed by atoms with Crippen LogP contribution in [0, 0.1) is 6.92 Å². The zero-order valence-corrected chi connectivity index (χ0v) is 9.56. The number of aromatic amines is 2. The molecule has 0 fully saturated rings. The smallest absolute Gasteiger partial charge is 0.295 e. The van der Waals surface area contributed by atoms with E-state index >= 15 is 0 Å². The standard InChI is InChI=1S/C11H10N6O/c1-6-13-10(17-15-6)11(18)14-8-2-3-9-7(4-8)5-12-16-9/h2-5H,1H3,(H,12,16)(H,14,18)(H,13,15,17). The number of amides is 1. The van der Waals surface area contributed by atoms with Gasteiger partial charge in [0.05, 0.1) is 11.7 Å². The van der Waals surface area contributed by atoms with Gasteiger partial charge in [-0.05, 0) is 25.1 Å². The molecule has 3 N–H and O–H groups in total. The first-order chi connectivity index (χ1) is 8.72. The molecule has 0 aliphatic heterocycles. The summed E-state index contributed by atoms with van der Waals surface area (Å²) in [4.78, 5) is 15.8. The molecule has 0 unspecified atom stereocenters. The van der Waals surface area contributed by atoms with E-state index < -0.39 is 0 Å². The van der Waals surface area contributed by atoms with Crippen molar-refractivity contribution in [3.8, 4) is 0 Å². The van der Waals surface area contributed by atoms with Crippen molar-refractivity contribution in [1.82, 2.24) is 25.4 Å². The lowest BCUT2D eigenvalue weighted by Crippen LogP contribution is -2.13. The number of nitrogens with one attached hydrogen (secondary N) is 3. The molecule has 7 heteroatoms.